The van der Waals surface area contributed by atoms with Crippen LogP contribution in [0.5, 0.6) is 5.75 Å². The maximum Gasteiger partial charge on any atom is 0.371 e. The standard InChI is InChI=1S/C26H26BrNO4S/c1-31-22-14-12-19(13-15-22)7-4-5-16-32-24(26(29)30)17-20-8-6-9-21(28-20)18-33-25-11-3-2-10-23(25)27/h2-3,6,8-15,17H,4-5,7,16,18H2,1H3,(H,29,30)/b24-17+. The quantitative estimate of drug-likeness (QED) is 0.124. The van der Waals surface area contributed by atoms with Crippen molar-refractivity contribution in [2.75, 3.05) is 13.7 Å². The highest BCUT2D eigenvalue weighted by atomic mass is 79.9. The van der Waals surface area contributed by atoms with E-state index in [1.807, 2.05) is 60.7 Å². The molecule has 0 fully saturated rings. The number of aromatic nitrogens is 1. The summed E-state index contributed by atoms with van der Waals surface area (Å²) < 4.78 is 11.8. The molecule has 0 radical (unpaired) electrons. The summed E-state index contributed by atoms with van der Waals surface area (Å²) in [5, 5.41) is 9.53. The van der Waals surface area contributed by atoms with E-state index in [0.717, 1.165) is 40.1 Å². The summed E-state index contributed by atoms with van der Waals surface area (Å²) >= 11 is 5.22. The minimum Gasteiger partial charge on any atom is -0.497 e. The van der Waals surface area contributed by atoms with Gasteiger partial charge in [-0.1, -0.05) is 30.3 Å². The topological polar surface area (TPSA) is 68.7 Å². The third-order valence-electron chi connectivity index (χ3n) is 4.81. The molecule has 0 aliphatic carbocycles. The smallest absolute Gasteiger partial charge is 0.371 e. The van der Waals surface area contributed by atoms with Crippen molar-refractivity contribution >= 4 is 39.7 Å². The maximum absolute atomic E-state index is 11.6. The van der Waals surface area contributed by atoms with E-state index < -0.39 is 5.97 Å². The van der Waals surface area contributed by atoms with Gasteiger partial charge in [0.05, 0.1) is 25.1 Å². The number of thioether (sulfide) groups is 1. The van der Waals surface area contributed by atoms with Gasteiger partial charge in [-0.25, -0.2) is 4.79 Å². The molecule has 0 amide bonds. The van der Waals surface area contributed by atoms with Crippen LogP contribution >= 0.6 is 27.7 Å². The second-order valence-electron chi connectivity index (χ2n) is 7.24. The highest BCUT2D eigenvalue weighted by Gasteiger charge is 2.10. The second kappa shape index (κ2) is 13.1. The zero-order valence-corrected chi connectivity index (χ0v) is 20.8. The number of unbranched alkanes of at least 4 members (excludes halogenated alkanes) is 1. The van der Waals surface area contributed by atoms with Crippen molar-refractivity contribution in [2.45, 2.75) is 29.9 Å². The Morgan fingerprint density at radius 3 is 2.58 bits per heavy atom. The van der Waals surface area contributed by atoms with Gasteiger partial charge < -0.3 is 14.6 Å². The Bertz CT molecular complexity index is 1090. The lowest BCUT2D eigenvalue weighted by atomic mass is 10.1. The van der Waals surface area contributed by atoms with E-state index in [1.165, 1.54) is 11.6 Å². The van der Waals surface area contributed by atoms with Crippen LogP contribution in [0.1, 0.15) is 29.8 Å². The van der Waals surface area contributed by atoms with Gasteiger partial charge >= 0.3 is 5.97 Å². The molecule has 0 saturated carbocycles. The molecule has 0 unspecified atom stereocenters. The van der Waals surface area contributed by atoms with Crippen LogP contribution in [-0.2, 0) is 21.7 Å². The first-order valence-electron chi connectivity index (χ1n) is 10.6. The third-order valence-corrected chi connectivity index (χ3v) is 6.87. The van der Waals surface area contributed by atoms with Crippen LogP contribution in [0, 0.1) is 0 Å². The minimum atomic E-state index is -1.10. The normalized spacial score (nSPS) is 11.3. The van der Waals surface area contributed by atoms with Gasteiger partial charge in [0.25, 0.3) is 0 Å². The lowest BCUT2D eigenvalue weighted by molar-refractivity contribution is -0.136. The summed E-state index contributed by atoms with van der Waals surface area (Å²) in [7, 11) is 1.65. The lowest BCUT2D eigenvalue weighted by Gasteiger charge is -2.08. The number of benzene rings is 2. The number of methoxy groups -OCH3 is 1. The van der Waals surface area contributed by atoms with Crippen LogP contribution in [0.3, 0.4) is 0 Å². The molecule has 0 atom stereocenters. The van der Waals surface area contributed by atoms with Crippen LogP contribution in [0.25, 0.3) is 6.08 Å². The molecule has 0 bridgehead atoms. The molecule has 1 heterocycles. The first kappa shape index (κ1) is 24.9. The van der Waals surface area contributed by atoms with Crippen molar-refractivity contribution in [3.63, 3.8) is 0 Å². The number of ether oxygens (including phenoxy) is 2. The number of rotatable bonds is 12. The summed E-state index contributed by atoms with van der Waals surface area (Å²) in [5.74, 6) is 0.323. The third kappa shape index (κ3) is 8.26. The number of carboxylic acids is 1. The van der Waals surface area contributed by atoms with Crippen molar-refractivity contribution < 1.29 is 19.4 Å². The van der Waals surface area contributed by atoms with Crippen molar-refractivity contribution in [3.8, 4) is 5.75 Å². The second-order valence-corrected chi connectivity index (χ2v) is 9.11. The fraction of sp³-hybridized carbons (Fsp3) is 0.231. The van der Waals surface area contributed by atoms with E-state index in [9.17, 15) is 9.90 Å². The van der Waals surface area contributed by atoms with Gasteiger partial charge in [-0.15, -0.1) is 11.8 Å². The Hall–Kier alpha value is -2.77. The first-order valence-corrected chi connectivity index (χ1v) is 12.4. The molecule has 0 spiro atoms. The predicted octanol–water partition coefficient (Wildman–Crippen LogP) is 6.61. The van der Waals surface area contributed by atoms with E-state index >= 15 is 0 Å². The van der Waals surface area contributed by atoms with Crippen molar-refractivity contribution in [1.82, 2.24) is 4.98 Å². The molecule has 2 aromatic carbocycles. The molecule has 0 aliphatic rings. The van der Waals surface area contributed by atoms with E-state index in [-0.39, 0.29) is 5.76 Å². The number of pyridine rings is 1. The largest absolute Gasteiger partial charge is 0.497 e. The average molecular weight is 528 g/mol. The van der Waals surface area contributed by atoms with E-state index in [4.69, 9.17) is 9.47 Å². The maximum atomic E-state index is 11.6. The number of aryl methyl sites for hydroxylation is 1. The monoisotopic (exact) mass is 527 g/mol. The number of carboxylic acid groups (broad SMARTS) is 1. The van der Waals surface area contributed by atoms with E-state index in [1.54, 1.807) is 24.9 Å². The van der Waals surface area contributed by atoms with Crippen LogP contribution in [0.2, 0.25) is 0 Å². The number of hydrogen-bond acceptors (Lipinski definition) is 5. The highest BCUT2D eigenvalue weighted by Crippen LogP contribution is 2.29. The van der Waals surface area contributed by atoms with Gasteiger partial charge in [0.1, 0.15) is 5.75 Å². The molecular formula is C26H26BrNO4S. The minimum absolute atomic E-state index is 0.0949. The molecule has 7 heteroatoms. The Balaban J connectivity index is 1.51. The molecule has 3 rings (SSSR count). The summed E-state index contributed by atoms with van der Waals surface area (Å²) in [6.45, 7) is 0.339. The molecule has 0 saturated heterocycles. The predicted molar refractivity (Wildman–Crippen MR) is 135 cm³/mol. The van der Waals surface area contributed by atoms with Crippen molar-refractivity contribution in [1.29, 1.82) is 0 Å². The first-order chi connectivity index (χ1) is 16.0. The van der Waals surface area contributed by atoms with E-state index in [2.05, 4.69) is 20.9 Å². The van der Waals surface area contributed by atoms with Crippen LogP contribution < -0.4 is 4.74 Å². The van der Waals surface area contributed by atoms with Gasteiger partial charge in [-0.05, 0) is 77.2 Å². The van der Waals surface area contributed by atoms with Gasteiger partial charge in [0.2, 0.25) is 5.76 Å². The Morgan fingerprint density at radius 2 is 1.85 bits per heavy atom. The Kier molecular flexibility index (Phi) is 9.84. The fourth-order valence-corrected chi connectivity index (χ4v) is 4.55. The molecule has 1 N–H and O–H groups in total. The summed E-state index contributed by atoms with van der Waals surface area (Å²) in [6, 6.07) is 21.6. The van der Waals surface area contributed by atoms with E-state index in [0.29, 0.717) is 18.1 Å². The van der Waals surface area contributed by atoms with Gasteiger partial charge in [-0.3, -0.25) is 4.98 Å². The number of carbonyl (C=O) groups is 1. The van der Waals surface area contributed by atoms with Crippen LogP contribution in [-0.4, -0.2) is 29.8 Å². The van der Waals surface area contributed by atoms with Crippen LogP contribution in [0.15, 0.2) is 81.9 Å². The number of aliphatic carboxylic acids is 1. The summed E-state index contributed by atoms with van der Waals surface area (Å²) in [4.78, 5) is 17.3. The molecule has 172 valence electrons. The zero-order chi connectivity index (χ0) is 23.5. The van der Waals surface area contributed by atoms with Crippen LogP contribution in [0.4, 0.5) is 0 Å². The number of hydrogen-bond donors (Lipinski definition) is 1. The fourth-order valence-electron chi connectivity index (χ4n) is 3.08. The lowest BCUT2D eigenvalue weighted by Crippen LogP contribution is -2.07. The number of nitrogens with zero attached hydrogens (tertiary/aromatic N) is 1. The molecule has 1 aromatic heterocycles. The highest BCUT2D eigenvalue weighted by molar-refractivity contribution is 9.10. The molecule has 33 heavy (non-hydrogen) atoms. The van der Waals surface area contributed by atoms with Gasteiger partial charge in [-0.2, -0.15) is 0 Å². The SMILES string of the molecule is COc1ccc(CCCCO/C(=C/c2cccc(CSc3ccccc3Br)n2)C(=O)O)cc1. The van der Waals surface area contributed by atoms with Gasteiger partial charge in [0, 0.05) is 21.2 Å². The molecule has 5 nitrogen and oxygen atoms in total. The summed E-state index contributed by atoms with van der Waals surface area (Å²) in [6.07, 6.45) is 4.04. The molecule has 3 aromatic rings. The Morgan fingerprint density at radius 1 is 1.06 bits per heavy atom. The van der Waals surface area contributed by atoms with Crippen molar-refractivity contribution in [3.05, 3.63) is 93.9 Å². The molecular weight excluding hydrogens is 502 g/mol. The molecule has 0 aliphatic heterocycles. The van der Waals surface area contributed by atoms with Gasteiger partial charge in [0.15, 0.2) is 0 Å². The Labute approximate surface area is 207 Å². The average Bonchev–Trinajstić information content (AvgIpc) is 2.83. The summed E-state index contributed by atoms with van der Waals surface area (Å²) in [5.41, 5.74) is 2.65. The number of halogens is 1. The van der Waals surface area contributed by atoms with Crippen molar-refractivity contribution in [2.24, 2.45) is 0 Å². The zero-order valence-electron chi connectivity index (χ0n) is 18.4.